The number of anilines is 1. The zero-order valence-corrected chi connectivity index (χ0v) is 13.1. The van der Waals surface area contributed by atoms with Crippen molar-refractivity contribution in [3.05, 3.63) is 59.7 Å². The van der Waals surface area contributed by atoms with Crippen LogP contribution in [0, 0.1) is 0 Å². The van der Waals surface area contributed by atoms with Crippen molar-refractivity contribution in [1.82, 2.24) is 0 Å². The molecule has 0 bridgehead atoms. The van der Waals surface area contributed by atoms with E-state index in [2.05, 4.69) is 55.1 Å². The summed E-state index contributed by atoms with van der Waals surface area (Å²) >= 11 is 0. The number of hydrogen-bond acceptors (Lipinski definition) is 3. The van der Waals surface area contributed by atoms with Crippen molar-refractivity contribution >= 4 is 11.7 Å². The van der Waals surface area contributed by atoms with Crippen LogP contribution in [0.5, 0.6) is 5.75 Å². The Morgan fingerprint density at radius 1 is 1.18 bits per heavy atom. The van der Waals surface area contributed by atoms with E-state index in [-0.39, 0.29) is 11.9 Å². The number of carbonyl (C=O) groups excluding carboxylic acids is 1. The fourth-order valence-electron chi connectivity index (χ4n) is 2.93. The lowest BCUT2D eigenvalue weighted by Crippen LogP contribution is -2.23. The molecule has 3 heteroatoms. The van der Waals surface area contributed by atoms with Gasteiger partial charge in [0.1, 0.15) is 5.75 Å². The first-order valence-corrected chi connectivity index (χ1v) is 7.81. The van der Waals surface area contributed by atoms with Crippen LogP contribution in [0.4, 0.5) is 5.69 Å². The van der Waals surface area contributed by atoms with Gasteiger partial charge in [-0.1, -0.05) is 43.3 Å². The Balaban J connectivity index is 1.87. The van der Waals surface area contributed by atoms with Gasteiger partial charge in [0, 0.05) is 24.8 Å². The van der Waals surface area contributed by atoms with Crippen molar-refractivity contribution < 1.29 is 9.53 Å². The Morgan fingerprint density at radius 3 is 2.68 bits per heavy atom. The minimum absolute atomic E-state index is 0.136. The molecule has 2 aromatic rings. The third-order valence-electron chi connectivity index (χ3n) is 4.19. The molecule has 0 saturated heterocycles. The molecule has 0 amide bonds. The van der Waals surface area contributed by atoms with E-state index >= 15 is 0 Å². The number of carbonyl (C=O) groups is 1. The molecule has 114 valence electrons. The first kappa shape index (κ1) is 14.6. The summed E-state index contributed by atoms with van der Waals surface area (Å²) in [6.45, 7) is 5.95. The van der Waals surface area contributed by atoms with Gasteiger partial charge < -0.3 is 9.64 Å². The van der Waals surface area contributed by atoms with Crippen LogP contribution >= 0.6 is 0 Å². The van der Waals surface area contributed by atoms with Crippen LogP contribution in [0.15, 0.2) is 48.5 Å². The second-order valence-electron chi connectivity index (χ2n) is 5.80. The molecule has 0 N–H and O–H groups in total. The molecular weight excluding hydrogens is 274 g/mol. The van der Waals surface area contributed by atoms with Gasteiger partial charge in [0.15, 0.2) is 0 Å². The average molecular weight is 295 g/mol. The topological polar surface area (TPSA) is 29.5 Å². The van der Waals surface area contributed by atoms with E-state index in [0.717, 1.165) is 24.3 Å². The van der Waals surface area contributed by atoms with E-state index in [9.17, 15) is 4.79 Å². The molecule has 0 fully saturated rings. The molecule has 0 aliphatic carbocycles. The van der Waals surface area contributed by atoms with Crippen molar-refractivity contribution in [2.24, 2.45) is 0 Å². The lowest BCUT2D eigenvalue weighted by Gasteiger charge is -2.27. The summed E-state index contributed by atoms with van der Waals surface area (Å²) in [6.07, 6.45) is 0.466. The van der Waals surface area contributed by atoms with Crippen LogP contribution in [-0.4, -0.2) is 12.5 Å². The molecular formula is C19H21NO2. The highest BCUT2D eigenvalue weighted by atomic mass is 16.5. The Morgan fingerprint density at radius 2 is 1.95 bits per heavy atom. The molecule has 0 spiro atoms. The van der Waals surface area contributed by atoms with Crippen molar-refractivity contribution in [2.45, 2.75) is 32.7 Å². The Bertz CT molecular complexity index is 666. The zero-order valence-electron chi connectivity index (χ0n) is 13.1. The minimum atomic E-state index is -0.136. The maximum Gasteiger partial charge on any atom is 0.311 e. The summed E-state index contributed by atoms with van der Waals surface area (Å²) in [5, 5.41) is 0. The van der Waals surface area contributed by atoms with E-state index < -0.39 is 0 Å². The highest BCUT2D eigenvalue weighted by Crippen LogP contribution is 2.36. The monoisotopic (exact) mass is 295 g/mol. The molecule has 22 heavy (non-hydrogen) atoms. The summed E-state index contributed by atoms with van der Waals surface area (Å²) in [5.41, 5.74) is 3.48. The molecule has 0 radical (unpaired) electrons. The van der Waals surface area contributed by atoms with Gasteiger partial charge >= 0.3 is 5.97 Å². The van der Waals surface area contributed by atoms with Crippen LogP contribution in [0.25, 0.3) is 0 Å². The maximum atomic E-state index is 11.6. The maximum absolute atomic E-state index is 11.6. The van der Waals surface area contributed by atoms with Crippen LogP contribution in [0.3, 0.4) is 0 Å². The molecule has 0 saturated carbocycles. The van der Waals surface area contributed by atoms with Gasteiger partial charge in [-0.15, -0.1) is 0 Å². The summed E-state index contributed by atoms with van der Waals surface area (Å²) < 4.78 is 5.42. The zero-order chi connectivity index (χ0) is 15.5. The van der Waals surface area contributed by atoms with Gasteiger partial charge in [0.05, 0.1) is 6.42 Å². The van der Waals surface area contributed by atoms with E-state index in [1.807, 2.05) is 12.1 Å². The van der Waals surface area contributed by atoms with Crippen LogP contribution < -0.4 is 9.64 Å². The fraction of sp³-hybridized carbons (Fsp3) is 0.316. The van der Waals surface area contributed by atoms with Crippen LogP contribution in [0.2, 0.25) is 0 Å². The highest BCUT2D eigenvalue weighted by Gasteiger charge is 2.24. The predicted octanol–water partition coefficient (Wildman–Crippen LogP) is 4.13. The second-order valence-corrected chi connectivity index (χ2v) is 5.80. The number of rotatable bonds is 4. The molecule has 3 nitrogen and oxygen atoms in total. The lowest BCUT2D eigenvalue weighted by atomic mass is 9.94. The molecule has 2 aromatic carbocycles. The van der Waals surface area contributed by atoms with Gasteiger partial charge in [-0.3, -0.25) is 4.79 Å². The Labute approximate surface area is 131 Å². The predicted molar refractivity (Wildman–Crippen MR) is 88.3 cm³/mol. The molecule has 1 unspecified atom stereocenters. The second kappa shape index (κ2) is 6.22. The number of esters is 1. The van der Waals surface area contributed by atoms with Gasteiger partial charge in [0.25, 0.3) is 0 Å². The quantitative estimate of drug-likeness (QED) is 0.627. The summed E-state index contributed by atoms with van der Waals surface area (Å²) in [6, 6.07) is 16.6. The Hall–Kier alpha value is -2.29. The first-order valence-electron chi connectivity index (χ1n) is 7.81. The van der Waals surface area contributed by atoms with Gasteiger partial charge in [-0.25, -0.2) is 0 Å². The lowest BCUT2D eigenvalue weighted by molar-refractivity contribution is -0.135. The van der Waals surface area contributed by atoms with Crippen molar-refractivity contribution in [1.29, 1.82) is 0 Å². The standard InChI is InChI=1S/C19H21NO2/c1-3-20(13-15-7-5-4-6-8-15)16-9-10-17-14(2)11-19(21)22-18(17)12-16/h4-10,12,14H,3,11,13H2,1-2H3. The molecule has 0 aromatic heterocycles. The van der Waals surface area contributed by atoms with Crippen molar-refractivity contribution in [3.63, 3.8) is 0 Å². The van der Waals surface area contributed by atoms with Crippen molar-refractivity contribution in [3.8, 4) is 5.75 Å². The van der Waals surface area contributed by atoms with E-state index in [1.54, 1.807) is 0 Å². The molecule has 3 rings (SSSR count). The number of nitrogens with zero attached hydrogens (tertiary/aromatic N) is 1. The van der Waals surface area contributed by atoms with Crippen LogP contribution in [0.1, 0.15) is 37.3 Å². The molecule has 1 heterocycles. The number of benzene rings is 2. The van der Waals surface area contributed by atoms with Gasteiger partial charge in [0.2, 0.25) is 0 Å². The summed E-state index contributed by atoms with van der Waals surface area (Å²) in [7, 11) is 0. The van der Waals surface area contributed by atoms with E-state index in [1.165, 1.54) is 5.56 Å². The minimum Gasteiger partial charge on any atom is -0.426 e. The molecule has 1 aliphatic heterocycles. The Kier molecular flexibility index (Phi) is 4.14. The van der Waals surface area contributed by atoms with Crippen molar-refractivity contribution in [2.75, 3.05) is 11.4 Å². The van der Waals surface area contributed by atoms with Crippen LogP contribution in [-0.2, 0) is 11.3 Å². The summed E-state index contributed by atoms with van der Waals surface area (Å²) in [5.74, 6) is 0.811. The largest absolute Gasteiger partial charge is 0.426 e. The highest BCUT2D eigenvalue weighted by molar-refractivity contribution is 5.77. The smallest absolute Gasteiger partial charge is 0.311 e. The third-order valence-corrected chi connectivity index (χ3v) is 4.19. The number of fused-ring (bicyclic) bond motifs is 1. The van der Waals surface area contributed by atoms with E-state index in [0.29, 0.717) is 12.2 Å². The number of hydrogen-bond donors (Lipinski definition) is 0. The number of ether oxygens (including phenoxy) is 1. The SMILES string of the molecule is CCN(Cc1ccccc1)c1ccc2c(c1)OC(=O)CC2C. The fourth-order valence-corrected chi connectivity index (χ4v) is 2.93. The first-order chi connectivity index (χ1) is 10.7. The van der Waals surface area contributed by atoms with Gasteiger partial charge in [-0.05, 0) is 30.0 Å². The third kappa shape index (κ3) is 2.98. The molecule has 1 aliphatic rings. The van der Waals surface area contributed by atoms with Gasteiger partial charge in [-0.2, -0.15) is 0 Å². The molecule has 1 atom stereocenters. The van der Waals surface area contributed by atoms with E-state index in [4.69, 9.17) is 4.74 Å². The normalized spacial score (nSPS) is 16.8. The summed E-state index contributed by atoms with van der Waals surface area (Å²) in [4.78, 5) is 13.9. The average Bonchev–Trinajstić information content (AvgIpc) is 2.53.